The first-order chi connectivity index (χ1) is 9.72. The van der Waals surface area contributed by atoms with Gasteiger partial charge in [-0.3, -0.25) is 4.79 Å². The average molecular weight is 267 g/mol. The van der Waals surface area contributed by atoms with E-state index in [4.69, 9.17) is 0 Å². The molecule has 0 N–H and O–H groups in total. The summed E-state index contributed by atoms with van der Waals surface area (Å²) < 4.78 is 0. The van der Waals surface area contributed by atoms with Crippen molar-refractivity contribution in [3.05, 3.63) is 65.2 Å². The summed E-state index contributed by atoms with van der Waals surface area (Å²) in [4.78, 5) is 12.9. The van der Waals surface area contributed by atoms with E-state index in [1.54, 1.807) is 0 Å². The molecule has 2 aromatic carbocycles. The molecular formula is C18H21NO. The Kier molecular flexibility index (Phi) is 4.94. The fourth-order valence-corrected chi connectivity index (χ4v) is 2.27. The molecule has 104 valence electrons. The number of carbonyl (C=O) groups excluding carboxylic acids is 1. The molecule has 0 heterocycles. The molecule has 0 aliphatic heterocycles. The number of benzene rings is 2. The van der Waals surface area contributed by atoms with Crippen molar-refractivity contribution in [3.63, 3.8) is 0 Å². The van der Waals surface area contributed by atoms with Crippen LogP contribution in [0.4, 0.5) is 5.69 Å². The highest BCUT2D eigenvalue weighted by molar-refractivity contribution is 5.74. The van der Waals surface area contributed by atoms with Crippen LogP contribution in [0.1, 0.15) is 34.8 Å². The Hall–Kier alpha value is -2.09. The Bertz CT molecular complexity index is 543. The Labute approximate surface area is 121 Å². The number of hydrogen-bond donors (Lipinski definition) is 0. The van der Waals surface area contributed by atoms with Crippen LogP contribution in [0.3, 0.4) is 0 Å². The van der Waals surface area contributed by atoms with Gasteiger partial charge in [-0.2, -0.15) is 0 Å². The van der Waals surface area contributed by atoms with Crippen molar-refractivity contribution in [2.45, 2.75) is 26.3 Å². The molecule has 0 atom stereocenters. The van der Waals surface area contributed by atoms with Crippen LogP contribution >= 0.6 is 0 Å². The summed E-state index contributed by atoms with van der Waals surface area (Å²) in [5.74, 6) is 0. The Morgan fingerprint density at radius 1 is 0.950 bits per heavy atom. The van der Waals surface area contributed by atoms with Gasteiger partial charge in [0.05, 0.1) is 0 Å². The molecule has 0 spiro atoms. The van der Waals surface area contributed by atoms with Crippen molar-refractivity contribution < 1.29 is 4.79 Å². The molecule has 0 fully saturated rings. The van der Waals surface area contributed by atoms with Crippen LogP contribution in [0.15, 0.2) is 48.5 Å². The van der Waals surface area contributed by atoms with Crippen LogP contribution in [0.2, 0.25) is 0 Å². The molecule has 2 aromatic rings. The Morgan fingerprint density at radius 2 is 1.55 bits per heavy atom. The van der Waals surface area contributed by atoms with E-state index in [0.717, 1.165) is 24.8 Å². The molecule has 0 radical (unpaired) electrons. The van der Waals surface area contributed by atoms with Gasteiger partial charge in [-0.15, -0.1) is 0 Å². The lowest BCUT2D eigenvalue weighted by atomic mass is 10.1. The highest BCUT2D eigenvalue weighted by atomic mass is 16.1. The molecule has 0 saturated carbocycles. The lowest BCUT2D eigenvalue weighted by Crippen LogP contribution is -2.16. The van der Waals surface area contributed by atoms with Gasteiger partial charge in [0.2, 0.25) is 0 Å². The normalized spacial score (nSPS) is 10.3. The SMILES string of the molecule is CCCc1ccc(N(C)Cc2ccc(C=O)cc2)cc1. The molecular weight excluding hydrogens is 246 g/mol. The number of aldehydes is 1. The van der Waals surface area contributed by atoms with Gasteiger partial charge >= 0.3 is 0 Å². The zero-order valence-corrected chi connectivity index (χ0v) is 12.2. The van der Waals surface area contributed by atoms with E-state index in [1.807, 2.05) is 24.3 Å². The monoisotopic (exact) mass is 267 g/mol. The van der Waals surface area contributed by atoms with Crippen molar-refractivity contribution in [1.29, 1.82) is 0 Å². The minimum Gasteiger partial charge on any atom is -0.370 e. The number of carbonyl (C=O) groups is 1. The van der Waals surface area contributed by atoms with Crippen LogP contribution < -0.4 is 4.90 Å². The quantitative estimate of drug-likeness (QED) is 0.735. The molecule has 20 heavy (non-hydrogen) atoms. The van der Waals surface area contributed by atoms with Gasteiger partial charge in [0, 0.05) is 24.8 Å². The smallest absolute Gasteiger partial charge is 0.150 e. The zero-order chi connectivity index (χ0) is 14.4. The standard InChI is InChI=1S/C18H21NO/c1-3-4-15-9-11-18(12-10-15)19(2)13-16-5-7-17(14-20)8-6-16/h5-12,14H,3-4,13H2,1-2H3. The van der Waals surface area contributed by atoms with Crippen LogP contribution in [0.5, 0.6) is 0 Å². The summed E-state index contributed by atoms with van der Waals surface area (Å²) in [5, 5.41) is 0. The van der Waals surface area contributed by atoms with Crippen molar-refractivity contribution in [1.82, 2.24) is 0 Å². The van der Waals surface area contributed by atoms with Crippen molar-refractivity contribution >= 4 is 12.0 Å². The molecule has 0 bridgehead atoms. The fraction of sp³-hybridized carbons (Fsp3) is 0.278. The van der Waals surface area contributed by atoms with Crippen LogP contribution in [0, 0.1) is 0 Å². The summed E-state index contributed by atoms with van der Waals surface area (Å²) in [6.07, 6.45) is 3.19. The second kappa shape index (κ2) is 6.90. The van der Waals surface area contributed by atoms with Crippen LogP contribution in [-0.2, 0) is 13.0 Å². The molecule has 2 nitrogen and oxygen atoms in total. The molecule has 2 heteroatoms. The van der Waals surface area contributed by atoms with Gasteiger partial charge in [0.1, 0.15) is 6.29 Å². The summed E-state index contributed by atoms with van der Waals surface area (Å²) in [6, 6.07) is 16.5. The lowest BCUT2D eigenvalue weighted by molar-refractivity contribution is 0.112. The largest absolute Gasteiger partial charge is 0.370 e. The predicted octanol–water partition coefficient (Wildman–Crippen LogP) is 4.09. The molecule has 2 rings (SSSR count). The molecule has 0 unspecified atom stereocenters. The third kappa shape index (κ3) is 3.70. The maximum absolute atomic E-state index is 10.6. The van der Waals surface area contributed by atoms with E-state index in [1.165, 1.54) is 23.2 Å². The van der Waals surface area contributed by atoms with Gasteiger partial charge in [0.15, 0.2) is 0 Å². The minimum absolute atomic E-state index is 0.723. The topological polar surface area (TPSA) is 20.3 Å². The molecule has 0 amide bonds. The number of anilines is 1. The second-order valence-corrected chi connectivity index (χ2v) is 5.13. The molecule has 0 aliphatic rings. The van der Waals surface area contributed by atoms with Gasteiger partial charge in [-0.1, -0.05) is 49.7 Å². The lowest BCUT2D eigenvalue weighted by Gasteiger charge is -2.20. The zero-order valence-electron chi connectivity index (χ0n) is 12.2. The van der Waals surface area contributed by atoms with E-state index >= 15 is 0 Å². The summed E-state index contributed by atoms with van der Waals surface area (Å²) in [7, 11) is 2.09. The van der Waals surface area contributed by atoms with E-state index in [0.29, 0.717) is 0 Å². The van der Waals surface area contributed by atoms with E-state index in [2.05, 4.69) is 43.1 Å². The summed E-state index contributed by atoms with van der Waals surface area (Å²) in [5.41, 5.74) is 4.53. The van der Waals surface area contributed by atoms with Crippen LogP contribution in [0.25, 0.3) is 0 Å². The first-order valence-corrected chi connectivity index (χ1v) is 7.07. The predicted molar refractivity (Wildman–Crippen MR) is 84.4 cm³/mol. The molecule has 0 saturated heterocycles. The maximum atomic E-state index is 10.6. The third-order valence-corrected chi connectivity index (χ3v) is 3.45. The minimum atomic E-state index is 0.723. The first-order valence-electron chi connectivity index (χ1n) is 7.07. The number of rotatable bonds is 6. The van der Waals surface area contributed by atoms with E-state index < -0.39 is 0 Å². The van der Waals surface area contributed by atoms with Crippen molar-refractivity contribution in [3.8, 4) is 0 Å². The third-order valence-electron chi connectivity index (χ3n) is 3.45. The Balaban J connectivity index is 2.02. The van der Waals surface area contributed by atoms with Crippen LogP contribution in [-0.4, -0.2) is 13.3 Å². The number of nitrogens with zero attached hydrogens (tertiary/aromatic N) is 1. The van der Waals surface area contributed by atoms with E-state index in [-0.39, 0.29) is 0 Å². The maximum Gasteiger partial charge on any atom is 0.150 e. The average Bonchev–Trinajstić information content (AvgIpc) is 2.49. The van der Waals surface area contributed by atoms with Gasteiger partial charge in [-0.25, -0.2) is 0 Å². The fourth-order valence-electron chi connectivity index (χ4n) is 2.27. The second-order valence-electron chi connectivity index (χ2n) is 5.13. The Morgan fingerprint density at radius 3 is 2.10 bits per heavy atom. The van der Waals surface area contributed by atoms with Crippen molar-refractivity contribution in [2.24, 2.45) is 0 Å². The van der Waals surface area contributed by atoms with E-state index in [9.17, 15) is 4.79 Å². The van der Waals surface area contributed by atoms with Gasteiger partial charge in [0.25, 0.3) is 0 Å². The highest BCUT2D eigenvalue weighted by Gasteiger charge is 2.02. The van der Waals surface area contributed by atoms with Gasteiger partial charge in [-0.05, 0) is 29.7 Å². The van der Waals surface area contributed by atoms with Crippen molar-refractivity contribution in [2.75, 3.05) is 11.9 Å². The summed E-state index contributed by atoms with van der Waals surface area (Å²) in [6.45, 7) is 3.04. The van der Waals surface area contributed by atoms with Gasteiger partial charge < -0.3 is 4.90 Å². The first kappa shape index (κ1) is 14.3. The highest BCUT2D eigenvalue weighted by Crippen LogP contribution is 2.17. The summed E-state index contributed by atoms with van der Waals surface area (Å²) >= 11 is 0. The molecule has 0 aliphatic carbocycles. The number of aryl methyl sites for hydroxylation is 1. The number of hydrogen-bond acceptors (Lipinski definition) is 2. The molecule has 0 aromatic heterocycles.